The van der Waals surface area contributed by atoms with Gasteiger partial charge >= 0.3 is 0 Å². The van der Waals surface area contributed by atoms with E-state index >= 15 is 0 Å². The average Bonchev–Trinajstić information content (AvgIpc) is 2.91. The summed E-state index contributed by atoms with van der Waals surface area (Å²) in [6.45, 7) is 5.70. The number of rotatable bonds is 7. The van der Waals surface area contributed by atoms with Crippen molar-refractivity contribution < 1.29 is 9.47 Å². The number of nitrogens with one attached hydrogen (secondary N) is 1. The minimum Gasteiger partial charge on any atom is -0.377 e. The van der Waals surface area contributed by atoms with Gasteiger partial charge in [-0.2, -0.15) is 0 Å². The normalized spacial score (nSPS) is 22.4. The molecule has 112 valence electrons. The molecule has 0 saturated carbocycles. The Morgan fingerprint density at radius 1 is 1.30 bits per heavy atom. The zero-order valence-corrected chi connectivity index (χ0v) is 12.6. The Hall–Kier alpha value is -1.17. The van der Waals surface area contributed by atoms with E-state index in [4.69, 9.17) is 9.47 Å². The average molecular weight is 279 g/mol. The van der Waals surface area contributed by atoms with Crippen LogP contribution < -0.4 is 10.2 Å². The fourth-order valence-electron chi connectivity index (χ4n) is 2.62. The summed E-state index contributed by atoms with van der Waals surface area (Å²) in [4.78, 5) is 6.81. The summed E-state index contributed by atoms with van der Waals surface area (Å²) in [6, 6.07) is 4.12. The molecule has 1 N–H and O–H groups in total. The molecule has 5 nitrogen and oxygen atoms in total. The lowest BCUT2D eigenvalue weighted by Crippen LogP contribution is -2.27. The number of hydrogen-bond donors (Lipinski definition) is 1. The zero-order chi connectivity index (χ0) is 14.4. The highest BCUT2D eigenvalue weighted by molar-refractivity contribution is 5.48. The highest BCUT2D eigenvalue weighted by Gasteiger charge is 2.34. The van der Waals surface area contributed by atoms with Crippen LogP contribution in [0.2, 0.25) is 0 Å². The highest BCUT2D eigenvalue weighted by Crippen LogP contribution is 2.24. The Balaban J connectivity index is 2.08. The molecule has 0 amide bonds. The molecule has 1 aromatic rings. The van der Waals surface area contributed by atoms with E-state index < -0.39 is 0 Å². The van der Waals surface area contributed by atoms with Crippen LogP contribution in [-0.4, -0.2) is 51.0 Å². The first-order chi connectivity index (χ1) is 9.80. The van der Waals surface area contributed by atoms with Crippen molar-refractivity contribution in [3.63, 3.8) is 0 Å². The lowest BCUT2D eigenvalue weighted by Gasteiger charge is -2.20. The van der Waals surface area contributed by atoms with Crippen molar-refractivity contribution in [3.8, 4) is 0 Å². The monoisotopic (exact) mass is 279 g/mol. The second kappa shape index (κ2) is 7.57. The number of aromatic nitrogens is 1. The van der Waals surface area contributed by atoms with Crippen LogP contribution in [0.4, 0.5) is 5.82 Å². The third kappa shape index (κ3) is 3.48. The number of methoxy groups -OCH3 is 2. The van der Waals surface area contributed by atoms with E-state index in [1.54, 1.807) is 14.2 Å². The fourth-order valence-corrected chi connectivity index (χ4v) is 2.62. The zero-order valence-electron chi connectivity index (χ0n) is 12.6. The molecule has 0 spiro atoms. The van der Waals surface area contributed by atoms with Gasteiger partial charge < -0.3 is 19.7 Å². The molecule has 0 aromatic carbocycles. The first-order valence-corrected chi connectivity index (χ1v) is 7.25. The lowest BCUT2D eigenvalue weighted by atomic mass is 10.2. The summed E-state index contributed by atoms with van der Waals surface area (Å²) in [5.41, 5.74) is 1.23. The Labute approximate surface area is 121 Å². The van der Waals surface area contributed by atoms with Crippen molar-refractivity contribution in [1.29, 1.82) is 0 Å². The maximum atomic E-state index is 5.49. The van der Waals surface area contributed by atoms with E-state index in [1.165, 1.54) is 5.56 Å². The van der Waals surface area contributed by atoms with Crippen LogP contribution in [0.25, 0.3) is 0 Å². The van der Waals surface area contributed by atoms with Crippen molar-refractivity contribution in [3.05, 3.63) is 23.9 Å². The van der Waals surface area contributed by atoms with E-state index in [2.05, 4.69) is 28.2 Å². The van der Waals surface area contributed by atoms with Crippen LogP contribution >= 0.6 is 0 Å². The summed E-state index contributed by atoms with van der Waals surface area (Å²) in [5, 5.41) is 3.44. The third-order valence-electron chi connectivity index (χ3n) is 3.73. The van der Waals surface area contributed by atoms with Crippen LogP contribution in [0.1, 0.15) is 18.9 Å². The maximum Gasteiger partial charge on any atom is 0.133 e. The molecule has 2 atom stereocenters. The third-order valence-corrected chi connectivity index (χ3v) is 3.73. The van der Waals surface area contributed by atoms with Gasteiger partial charge in [-0.05, 0) is 19.0 Å². The van der Waals surface area contributed by atoms with Crippen LogP contribution in [0.15, 0.2) is 18.3 Å². The molecule has 5 heteroatoms. The van der Waals surface area contributed by atoms with Gasteiger partial charge in [0.2, 0.25) is 0 Å². The Kier molecular flexibility index (Phi) is 5.76. The molecule has 1 aromatic heterocycles. The molecule has 1 aliphatic heterocycles. The summed E-state index contributed by atoms with van der Waals surface area (Å²) >= 11 is 0. The van der Waals surface area contributed by atoms with Gasteiger partial charge in [-0.25, -0.2) is 4.98 Å². The van der Waals surface area contributed by atoms with Gasteiger partial charge in [0.25, 0.3) is 0 Å². The molecular weight excluding hydrogens is 254 g/mol. The Morgan fingerprint density at radius 2 is 2.00 bits per heavy atom. The smallest absolute Gasteiger partial charge is 0.133 e. The van der Waals surface area contributed by atoms with Crippen LogP contribution in [0, 0.1) is 0 Å². The van der Waals surface area contributed by atoms with Gasteiger partial charge in [0.05, 0.1) is 0 Å². The summed E-state index contributed by atoms with van der Waals surface area (Å²) in [5.74, 6) is 1.04. The molecule has 20 heavy (non-hydrogen) atoms. The largest absolute Gasteiger partial charge is 0.377 e. The molecular formula is C15H25N3O2. The summed E-state index contributed by atoms with van der Waals surface area (Å²) in [7, 11) is 3.48. The molecule has 2 heterocycles. The standard InChI is InChI=1S/C15H25N3O2/c1-4-7-16-9-12-6-5-8-17-15(12)18-10-13(19-2)14(11-18)20-3/h5-6,8,13-14,16H,4,7,9-11H2,1-3H3. The molecule has 2 unspecified atom stereocenters. The predicted octanol–water partition coefficient (Wildman–Crippen LogP) is 1.43. The van der Waals surface area contributed by atoms with E-state index in [1.807, 2.05) is 12.3 Å². The van der Waals surface area contributed by atoms with Gasteiger partial charge in [0.1, 0.15) is 18.0 Å². The van der Waals surface area contributed by atoms with Gasteiger partial charge in [-0.1, -0.05) is 13.0 Å². The maximum absolute atomic E-state index is 5.49. The number of ether oxygens (including phenoxy) is 2. The highest BCUT2D eigenvalue weighted by atomic mass is 16.5. The fraction of sp³-hybridized carbons (Fsp3) is 0.667. The van der Waals surface area contributed by atoms with E-state index in [9.17, 15) is 0 Å². The van der Waals surface area contributed by atoms with E-state index in [0.717, 1.165) is 38.4 Å². The minimum absolute atomic E-state index is 0.110. The van der Waals surface area contributed by atoms with Gasteiger partial charge in [-0.15, -0.1) is 0 Å². The molecule has 0 radical (unpaired) electrons. The molecule has 2 rings (SSSR count). The second-order valence-electron chi connectivity index (χ2n) is 5.12. The molecule has 1 aliphatic rings. The molecule has 1 fully saturated rings. The van der Waals surface area contributed by atoms with E-state index in [-0.39, 0.29) is 12.2 Å². The summed E-state index contributed by atoms with van der Waals surface area (Å²) in [6.07, 6.45) is 3.20. The second-order valence-corrected chi connectivity index (χ2v) is 5.12. The van der Waals surface area contributed by atoms with Crippen LogP contribution in [0.3, 0.4) is 0 Å². The molecule has 0 aliphatic carbocycles. The molecule has 1 saturated heterocycles. The van der Waals surface area contributed by atoms with Crippen molar-refractivity contribution >= 4 is 5.82 Å². The van der Waals surface area contributed by atoms with Gasteiger partial charge in [0.15, 0.2) is 0 Å². The molecule has 0 bridgehead atoms. The minimum atomic E-state index is 0.110. The van der Waals surface area contributed by atoms with Crippen molar-refractivity contribution in [1.82, 2.24) is 10.3 Å². The number of anilines is 1. The van der Waals surface area contributed by atoms with E-state index in [0.29, 0.717) is 0 Å². The summed E-state index contributed by atoms with van der Waals surface area (Å²) < 4.78 is 11.0. The first kappa shape index (κ1) is 15.2. The number of pyridine rings is 1. The topological polar surface area (TPSA) is 46.6 Å². The van der Waals surface area contributed by atoms with Crippen LogP contribution in [-0.2, 0) is 16.0 Å². The number of nitrogens with zero attached hydrogens (tertiary/aromatic N) is 2. The van der Waals surface area contributed by atoms with Crippen molar-refractivity contribution in [2.75, 3.05) is 38.8 Å². The van der Waals surface area contributed by atoms with Crippen molar-refractivity contribution in [2.45, 2.75) is 32.1 Å². The van der Waals surface area contributed by atoms with Gasteiger partial charge in [-0.3, -0.25) is 0 Å². The van der Waals surface area contributed by atoms with Gasteiger partial charge in [0, 0.05) is 45.6 Å². The number of hydrogen-bond acceptors (Lipinski definition) is 5. The Bertz CT molecular complexity index is 402. The SMILES string of the molecule is CCCNCc1cccnc1N1CC(OC)C(OC)C1. The lowest BCUT2D eigenvalue weighted by molar-refractivity contribution is -0.00461. The van der Waals surface area contributed by atoms with Crippen LogP contribution in [0.5, 0.6) is 0 Å². The quantitative estimate of drug-likeness (QED) is 0.765. The van der Waals surface area contributed by atoms with Crippen molar-refractivity contribution in [2.24, 2.45) is 0 Å². The Morgan fingerprint density at radius 3 is 2.60 bits per heavy atom. The predicted molar refractivity (Wildman–Crippen MR) is 80.0 cm³/mol. The first-order valence-electron chi connectivity index (χ1n) is 7.25.